The second kappa shape index (κ2) is 5.91. The van der Waals surface area contributed by atoms with E-state index < -0.39 is 6.10 Å². The average molecular weight is 326 g/mol. The van der Waals surface area contributed by atoms with Crippen LogP contribution in [0.4, 0.5) is 6.01 Å². The predicted octanol–water partition coefficient (Wildman–Crippen LogP) is 4.29. The highest BCUT2D eigenvalue weighted by Gasteiger charge is 2.14. The summed E-state index contributed by atoms with van der Waals surface area (Å²) in [6.45, 7) is 0.324. The van der Waals surface area contributed by atoms with Crippen LogP contribution in [-0.4, -0.2) is 16.6 Å². The molecule has 6 heteroatoms. The standard InChI is InChI=1S/C17H14N2O3S/c20-13(16-8-11(10-23-16)14-6-3-7-21-14)9-18-17-19-12-4-1-2-5-15(12)22-17/h1-8,10,13,20H,9H2,(H,18,19). The largest absolute Gasteiger partial charge is 0.464 e. The Labute approximate surface area is 136 Å². The summed E-state index contributed by atoms with van der Waals surface area (Å²) in [5.41, 5.74) is 2.48. The van der Waals surface area contributed by atoms with Gasteiger partial charge in [0.2, 0.25) is 0 Å². The van der Waals surface area contributed by atoms with Gasteiger partial charge in [0.1, 0.15) is 17.4 Å². The Morgan fingerprint density at radius 3 is 2.96 bits per heavy atom. The second-order valence-electron chi connectivity index (χ2n) is 5.10. The van der Waals surface area contributed by atoms with Crippen LogP contribution in [0.3, 0.4) is 0 Å². The highest BCUT2D eigenvalue weighted by atomic mass is 32.1. The van der Waals surface area contributed by atoms with Gasteiger partial charge in [-0.3, -0.25) is 0 Å². The van der Waals surface area contributed by atoms with Gasteiger partial charge in [-0.1, -0.05) is 12.1 Å². The number of fused-ring (bicyclic) bond motifs is 1. The first-order valence-electron chi connectivity index (χ1n) is 7.19. The number of thiophene rings is 1. The first-order chi connectivity index (χ1) is 11.3. The number of benzene rings is 1. The van der Waals surface area contributed by atoms with Crippen molar-refractivity contribution in [3.63, 3.8) is 0 Å². The zero-order valence-corrected chi connectivity index (χ0v) is 12.9. The van der Waals surface area contributed by atoms with Crippen LogP contribution in [0.1, 0.15) is 11.0 Å². The third-order valence-electron chi connectivity index (χ3n) is 3.49. The minimum absolute atomic E-state index is 0.324. The molecule has 0 aliphatic rings. The van der Waals surface area contributed by atoms with Gasteiger partial charge in [0, 0.05) is 15.8 Å². The summed E-state index contributed by atoms with van der Waals surface area (Å²) in [5, 5.41) is 15.3. The molecule has 0 saturated heterocycles. The summed E-state index contributed by atoms with van der Waals surface area (Å²) < 4.78 is 10.9. The molecule has 3 aromatic heterocycles. The van der Waals surface area contributed by atoms with Crippen molar-refractivity contribution in [1.82, 2.24) is 4.98 Å². The van der Waals surface area contributed by atoms with E-state index in [1.165, 1.54) is 11.3 Å². The lowest BCUT2D eigenvalue weighted by atomic mass is 10.2. The van der Waals surface area contributed by atoms with E-state index in [1.54, 1.807) is 6.26 Å². The molecular formula is C17H14N2O3S. The predicted molar refractivity (Wildman–Crippen MR) is 89.5 cm³/mol. The molecule has 116 valence electrons. The Bertz CT molecular complexity index is 878. The first kappa shape index (κ1) is 14.0. The quantitative estimate of drug-likeness (QED) is 0.572. The lowest BCUT2D eigenvalue weighted by Gasteiger charge is -2.08. The van der Waals surface area contributed by atoms with Crippen molar-refractivity contribution in [1.29, 1.82) is 0 Å². The lowest BCUT2D eigenvalue weighted by molar-refractivity contribution is 0.194. The van der Waals surface area contributed by atoms with Gasteiger partial charge in [-0.2, -0.15) is 4.98 Å². The molecule has 0 amide bonds. The normalized spacial score (nSPS) is 12.6. The fourth-order valence-electron chi connectivity index (χ4n) is 2.33. The maximum absolute atomic E-state index is 10.3. The molecule has 0 fully saturated rings. The molecule has 1 atom stereocenters. The van der Waals surface area contributed by atoms with Gasteiger partial charge in [-0.25, -0.2) is 0 Å². The number of oxazole rings is 1. The van der Waals surface area contributed by atoms with Crippen molar-refractivity contribution < 1.29 is 13.9 Å². The molecule has 1 aromatic carbocycles. The molecule has 23 heavy (non-hydrogen) atoms. The van der Waals surface area contributed by atoms with Crippen LogP contribution in [0, 0.1) is 0 Å². The number of nitrogens with zero attached hydrogens (tertiary/aromatic N) is 1. The number of furan rings is 1. The van der Waals surface area contributed by atoms with Crippen LogP contribution in [0.25, 0.3) is 22.4 Å². The monoisotopic (exact) mass is 326 g/mol. The molecule has 3 heterocycles. The first-order valence-corrected chi connectivity index (χ1v) is 8.07. The van der Waals surface area contributed by atoms with E-state index in [0.29, 0.717) is 12.6 Å². The summed E-state index contributed by atoms with van der Waals surface area (Å²) in [6.07, 6.45) is 0.997. The van der Waals surface area contributed by atoms with Gasteiger partial charge >= 0.3 is 0 Å². The molecule has 1 unspecified atom stereocenters. The molecule has 0 bridgehead atoms. The van der Waals surface area contributed by atoms with Crippen molar-refractivity contribution in [3.05, 3.63) is 59.0 Å². The van der Waals surface area contributed by atoms with E-state index >= 15 is 0 Å². The van der Waals surface area contributed by atoms with Crippen LogP contribution >= 0.6 is 11.3 Å². The summed E-state index contributed by atoms with van der Waals surface area (Å²) in [4.78, 5) is 5.18. The minimum Gasteiger partial charge on any atom is -0.464 e. The Morgan fingerprint density at radius 1 is 1.22 bits per heavy atom. The second-order valence-corrected chi connectivity index (χ2v) is 6.04. The molecule has 0 saturated carbocycles. The lowest BCUT2D eigenvalue weighted by Crippen LogP contribution is -2.11. The van der Waals surface area contributed by atoms with Crippen LogP contribution in [0.5, 0.6) is 0 Å². The van der Waals surface area contributed by atoms with Crippen LogP contribution < -0.4 is 5.32 Å². The third-order valence-corrected chi connectivity index (χ3v) is 4.53. The van der Waals surface area contributed by atoms with Crippen molar-refractivity contribution in [2.45, 2.75) is 6.10 Å². The number of para-hydroxylation sites is 2. The minimum atomic E-state index is -0.640. The van der Waals surface area contributed by atoms with Crippen molar-refractivity contribution in [2.75, 3.05) is 11.9 Å². The van der Waals surface area contributed by atoms with E-state index in [4.69, 9.17) is 8.83 Å². The topological polar surface area (TPSA) is 71.4 Å². The Morgan fingerprint density at radius 2 is 2.13 bits per heavy atom. The molecule has 0 radical (unpaired) electrons. The van der Waals surface area contributed by atoms with Gasteiger partial charge in [-0.05, 0) is 30.3 Å². The SMILES string of the molecule is OC(CNc1nc2ccccc2o1)c1cc(-c2ccco2)cs1. The van der Waals surface area contributed by atoms with Crippen LogP contribution in [0.15, 0.2) is 62.9 Å². The zero-order chi connectivity index (χ0) is 15.6. The van der Waals surface area contributed by atoms with E-state index in [0.717, 1.165) is 27.3 Å². The van der Waals surface area contributed by atoms with E-state index in [-0.39, 0.29) is 0 Å². The summed E-state index contributed by atoms with van der Waals surface area (Å²) >= 11 is 1.50. The highest BCUT2D eigenvalue weighted by molar-refractivity contribution is 7.10. The molecule has 2 N–H and O–H groups in total. The number of anilines is 1. The molecule has 5 nitrogen and oxygen atoms in total. The maximum Gasteiger partial charge on any atom is 0.295 e. The van der Waals surface area contributed by atoms with Gasteiger partial charge in [0.25, 0.3) is 6.01 Å². The molecule has 0 spiro atoms. The maximum atomic E-state index is 10.3. The summed E-state index contributed by atoms with van der Waals surface area (Å²) in [6, 6.07) is 13.6. The smallest absolute Gasteiger partial charge is 0.295 e. The third kappa shape index (κ3) is 2.86. The fourth-order valence-corrected chi connectivity index (χ4v) is 3.21. The summed E-state index contributed by atoms with van der Waals surface area (Å²) in [5.74, 6) is 0.798. The van der Waals surface area contributed by atoms with Gasteiger partial charge < -0.3 is 19.3 Å². The number of aliphatic hydroxyl groups is 1. The molecule has 4 aromatic rings. The number of hydrogen-bond acceptors (Lipinski definition) is 6. The number of nitrogens with one attached hydrogen (secondary N) is 1. The van der Waals surface area contributed by atoms with Gasteiger partial charge in [-0.15, -0.1) is 11.3 Å². The average Bonchev–Trinajstić information content (AvgIpc) is 3.31. The Hall–Kier alpha value is -2.57. The summed E-state index contributed by atoms with van der Waals surface area (Å²) in [7, 11) is 0. The number of aromatic nitrogens is 1. The van der Waals surface area contributed by atoms with Gasteiger partial charge in [0.15, 0.2) is 5.58 Å². The van der Waals surface area contributed by atoms with Crippen molar-refractivity contribution in [3.8, 4) is 11.3 Å². The fraction of sp³-hybridized carbons (Fsp3) is 0.118. The van der Waals surface area contributed by atoms with E-state index in [2.05, 4.69) is 10.3 Å². The molecule has 4 rings (SSSR count). The van der Waals surface area contributed by atoms with Crippen molar-refractivity contribution >= 4 is 28.5 Å². The zero-order valence-electron chi connectivity index (χ0n) is 12.1. The number of aliphatic hydroxyl groups excluding tert-OH is 1. The van der Waals surface area contributed by atoms with Crippen LogP contribution in [-0.2, 0) is 0 Å². The Kier molecular flexibility index (Phi) is 3.61. The number of hydrogen-bond donors (Lipinski definition) is 2. The van der Waals surface area contributed by atoms with E-state index in [9.17, 15) is 5.11 Å². The van der Waals surface area contributed by atoms with E-state index in [1.807, 2.05) is 47.8 Å². The number of rotatable bonds is 5. The van der Waals surface area contributed by atoms with Gasteiger partial charge in [0.05, 0.1) is 12.8 Å². The molecule has 0 aliphatic heterocycles. The highest BCUT2D eigenvalue weighted by Crippen LogP contribution is 2.30. The Balaban J connectivity index is 1.44. The molecular weight excluding hydrogens is 312 g/mol. The van der Waals surface area contributed by atoms with Crippen LogP contribution in [0.2, 0.25) is 0 Å². The van der Waals surface area contributed by atoms with Crippen molar-refractivity contribution in [2.24, 2.45) is 0 Å². The molecule has 0 aliphatic carbocycles.